The summed E-state index contributed by atoms with van der Waals surface area (Å²) in [6.45, 7) is 0.999. The van der Waals surface area contributed by atoms with Crippen molar-refractivity contribution in [2.24, 2.45) is 5.73 Å². The second-order valence-electron chi connectivity index (χ2n) is 3.31. The summed E-state index contributed by atoms with van der Waals surface area (Å²) in [7, 11) is 0. The van der Waals surface area contributed by atoms with Crippen molar-refractivity contribution in [2.75, 3.05) is 25.0 Å². The van der Waals surface area contributed by atoms with Gasteiger partial charge in [0.1, 0.15) is 6.61 Å². The first kappa shape index (κ1) is 13.0. The fourth-order valence-electron chi connectivity index (χ4n) is 1.30. The smallest absolute Gasteiger partial charge is 0.340 e. The second kappa shape index (κ2) is 7.25. The van der Waals surface area contributed by atoms with Gasteiger partial charge in [-0.3, -0.25) is 0 Å². The third-order valence-corrected chi connectivity index (χ3v) is 2.05. The highest BCUT2D eigenvalue weighted by molar-refractivity contribution is 5.95. The largest absolute Gasteiger partial charge is 0.461 e. The molecule has 0 saturated carbocycles. The zero-order valence-electron chi connectivity index (χ0n) is 9.48. The molecule has 0 aromatic heterocycles. The minimum atomic E-state index is -0.407. The van der Waals surface area contributed by atoms with Crippen LogP contribution in [-0.2, 0) is 4.74 Å². The average molecular weight is 233 g/mol. The first-order valence-corrected chi connectivity index (χ1v) is 5.36. The molecule has 0 radical (unpaired) electrons. The molecular formula is C12H15N3O2. The molecule has 3 N–H and O–H groups in total. The third kappa shape index (κ3) is 4.13. The van der Waals surface area contributed by atoms with Gasteiger partial charge in [-0.15, -0.1) is 0 Å². The van der Waals surface area contributed by atoms with Gasteiger partial charge in [-0.05, 0) is 12.1 Å². The van der Waals surface area contributed by atoms with Crippen LogP contribution in [0.5, 0.6) is 0 Å². The van der Waals surface area contributed by atoms with Crippen LogP contribution in [0, 0.1) is 11.3 Å². The molecule has 0 aliphatic carbocycles. The van der Waals surface area contributed by atoms with E-state index >= 15 is 0 Å². The maximum Gasteiger partial charge on any atom is 0.340 e. The van der Waals surface area contributed by atoms with E-state index in [1.807, 2.05) is 12.1 Å². The zero-order valence-corrected chi connectivity index (χ0v) is 9.48. The number of nitrogens with one attached hydrogen (secondary N) is 1. The summed E-state index contributed by atoms with van der Waals surface area (Å²) in [5.41, 5.74) is 6.39. The van der Waals surface area contributed by atoms with E-state index < -0.39 is 5.97 Å². The molecule has 1 rings (SSSR count). The molecule has 5 heteroatoms. The van der Waals surface area contributed by atoms with Crippen LogP contribution in [0.1, 0.15) is 16.8 Å². The van der Waals surface area contributed by atoms with Crippen LogP contribution in [0.2, 0.25) is 0 Å². The Balaban J connectivity index is 2.70. The van der Waals surface area contributed by atoms with Crippen molar-refractivity contribution in [3.63, 3.8) is 0 Å². The van der Waals surface area contributed by atoms with Crippen LogP contribution in [-0.4, -0.2) is 25.7 Å². The molecule has 0 aliphatic rings. The molecule has 90 valence electrons. The Labute approximate surface area is 100 Å². The van der Waals surface area contributed by atoms with E-state index in [1.54, 1.807) is 18.2 Å². The summed E-state index contributed by atoms with van der Waals surface area (Å²) in [5.74, 6) is -0.407. The van der Waals surface area contributed by atoms with Crippen LogP contribution in [0.15, 0.2) is 24.3 Å². The van der Waals surface area contributed by atoms with Gasteiger partial charge >= 0.3 is 5.97 Å². The molecule has 0 spiro atoms. The molecule has 0 amide bonds. The predicted octanol–water partition coefficient (Wildman–Crippen LogP) is 1.13. The van der Waals surface area contributed by atoms with Gasteiger partial charge in [-0.1, -0.05) is 12.1 Å². The lowest BCUT2D eigenvalue weighted by atomic mass is 10.2. The minimum absolute atomic E-state index is 0.200. The van der Waals surface area contributed by atoms with Gasteiger partial charge in [-0.25, -0.2) is 4.79 Å². The molecular weight excluding hydrogens is 218 g/mol. The molecule has 17 heavy (non-hydrogen) atoms. The summed E-state index contributed by atoms with van der Waals surface area (Å²) in [5, 5.41) is 11.5. The topological polar surface area (TPSA) is 88.1 Å². The Morgan fingerprint density at radius 1 is 1.47 bits per heavy atom. The van der Waals surface area contributed by atoms with Gasteiger partial charge in [0.15, 0.2) is 0 Å². The first-order chi connectivity index (χ1) is 8.29. The predicted molar refractivity (Wildman–Crippen MR) is 64.5 cm³/mol. The van der Waals surface area contributed by atoms with E-state index in [4.69, 9.17) is 15.7 Å². The Kier molecular flexibility index (Phi) is 5.55. The van der Waals surface area contributed by atoms with E-state index in [0.717, 1.165) is 0 Å². The van der Waals surface area contributed by atoms with Crippen molar-refractivity contribution in [3.05, 3.63) is 29.8 Å². The molecule has 0 heterocycles. The number of hydrogen-bond donors (Lipinski definition) is 2. The van der Waals surface area contributed by atoms with Gasteiger partial charge in [0, 0.05) is 18.8 Å². The summed E-state index contributed by atoms with van der Waals surface area (Å²) in [6, 6.07) is 9.05. The van der Waals surface area contributed by atoms with Crippen molar-refractivity contribution in [3.8, 4) is 6.07 Å². The summed E-state index contributed by atoms with van der Waals surface area (Å²) in [4.78, 5) is 11.7. The van der Waals surface area contributed by atoms with Gasteiger partial charge < -0.3 is 15.8 Å². The van der Waals surface area contributed by atoms with Crippen molar-refractivity contribution in [1.82, 2.24) is 0 Å². The Bertz CT molecular complexity index is 412. The SMILES string of the molecule is N#CCCNc1ccccc1C(=O)OCCN. The van der Waals surface area contributed by atoms with E-state index in [1.165, 1.54) is 0 Å². The number of carbonyl (C=O) groups excluding carboxylic acids is 1. The van der Waals surface area contributed by atoms with Crippen LogP contribution < -0.4 is 11.1 Å². The first-order valence-electron chi connectivity index (χ1n) is 5.36. The lowest BCUT2D eigenvalue weighted by molar-refractivity contribution is 0.0518. The second-order valence-corrected chi connectivity index (χ2v) is 3.31. The molecule has 0 saturated heterocycles. The van der Waals surface area contributed by atoms with E-state index in [0.29, 0.717) is 30.8 Å². The van der Waals surface area contributed by atoms with E-state index in [-0.39, 0.29) is 6.61 Å². The number of esters is 1. The van der Waals surface area contributed by atoms with E-state index in [2.05, 4.69) is 5.32 Å². The Morgan fingerprint density at radius 3 is 2.94 bits per heavy atom. The van der Waals surface area contributed by atoms with Crippen molar-refractivity contribution < 1.29 is 9.53 Å². The third-order valence-electron chi connectivity index (χ3n) is 2.05. The van der Waals surface area contributed by atoms with E-state index in [9.17, 15) is 4.79 Å². The quantitative estimate of drug-likeness (QED) is 0.568. The number of rotatable bonds is 6. The molecule has 0 fully saturated rings. The Morgan fingerprint density at radius 2 is 2.24 bits per heavy atom. The standard InChI is InChI=1S/C12H15N3O2/c13-6-3-8-15-11-5-2-1-4-10(11)12(16)17-9-7-14/h1-2,4-5,15H,3,7-9,14H2. The maximum absolute atomic E-state index is 11.7. The number of ether oxygens (including phenoxy) is 1. The van der Waals surface area contributed by atoms with Crippen LogP contribution in [0.4, 0.5) is 5.69 Å². The van der Waals surface area contributed by atoms with Crippen LogP contribution >= 0.6 is 0 Å². The normalized spacial score (nSPS) is 9.41. The lowest BCUT2D eigenvalue weighted by Crippen LogP contribution is -2.15. The number of nitrogens with two attached hydrogens (primary N) is 1. The monoisotopic (exact) mass is 233 g/mol. The van der Waals surface area contributed by atoms with Gasteiger partial charge in [0.05, 0.1) is 18.1 Å². The van der Waals surface area contributed by atoms with Gasteiger partial charge in [0.25, 0.3) is 0 Å². The number of nitriles is 1. The fourth-order valence-corrected chi connectivity index (χ4v) is 1.30. The highest BCUT2D eigenvalue weighted by Crippen LogP contribution is 2.15. The number of hydrogen-bond acceptors (Lipinski definition) is 5. The van der Waals surface area contributed by atoms with Crippen molar-refractivity contribution in [2.45, 2.75) is 6.42 Å². The maximum atomic E-state index is 11.7. The molecule has 0 atom stereocenters. The molecule has 0 bridgehead atoms. The molecule has 5 nitrogen and oxygen atoms in total. The minimum Gasteiger partial charge on any atom is -0.461 e. The highest BCUT2D eigenvalue weighted by Gasteiger charge is 2.11. The molecule has 1 aromatic carbocycles. The number of benzene rings is 1. The molecule has 1 aromatic rings. The molecule has 0 unspecified atom stereocenters. The number of nitrogens with zero attached hydrogens (tertiary/aromatic N) is 1. The Hall–Kier alpha value is -2.06. The summed E-state index contributed by atoms with van der Waals surface area (Å²) in [6.07, 6.45) is 0.381. The zero-order chi connectivity index (χ0) is 12.5. The highest BCUT2D eigenvalue weighted by atomic mass is 16.5. The van der Waals surface area contributed by atoms with Crippen LogP contribution in [0.3, 0.4) is 0 Å². The fraction of sp³-hybridized carbons (Fsp3) is 0.333. The van der Waals surface area contributed by atoms with Crippen LogP contribution in [0.25, 0.3) is 0 Å². The number of para-hydroxylation sites is 1. The summed E-state index contributed by atoms with van der Waals surface area (Å²) >= 11 is 0. The van der Waals surface area contributed by atoms with Gasteiger partial charge in [0.2, 0.25) is 0 Å². The summed E-state index contributed by atoms with van der Waals surface area (Å²) < 4.78 is 4.96. The molecule has 0 aliphatic heterocycles. The average Bonchev–Trinajstić information content (AvgIpc) is 2.37. The van der Waals surface area contributed by atoms with Gasteiger partial charge in [-0.2, -0.15) is 5.26 Å². The van der Waals surface area contributed by atoms with Crippen molar-refractivity contribution in [1.29, 1.82) is 5.26 Å². The van der Waals surface area contributed by atoms with Crippen molar-refractivity contribution >= 4 is 11.7 Å². The number of anilines is 1. The number of carbonyl (C=O) groups is 1. The lowest BCUT2D eigenvalue weighted by Gasteiger charge is -2.10.